The molecule has 0 radical (unpaired) electrons. The largest absolute Gasteiger partial charge is 0.493 e. The molecule has 0 fully saturated rings. The van der Waals surface area contributed by atoms with Crippen molar-refractivity contribution >= 4 is 0 Å². The van der Waals surface area contributed by atoms with Crippen LogP contribution in [0.4, 0.5) is 0 Å². The zero-order valence-electron chi connectivity index (χ0n) is 12.0. The Labute approximate surface area is 113 Å². The van der Waals surface area contributed by atoms with Gasteiger partial charge in [0.2, 0.25) is 5.75 Å². The first-order valence-electron chi connectivity index (χ1n) is 6.08. The summed E-state index contributed by atoms with van der Waals surface area (Å²) in [6, 6.07) is 1.95. The summed E-state index contributed by atoms with van der Waals surface area (Å²) in [5.41, 5.74) is 2.07. The molecule has 0 N–H and O–H groups in total. The second kappa shape index (κ2) is 5.27. The second-order valence-electron chi connectivity index (χ2n) is 4.59. The number of hydrogen-bond donors (Lipinski definition) is 0. The monoisotopic (exact) mass is 268 g/mol. The highest BCUT2D eigenvalue weighted by Crippen LogP contribution is 2.45. The number of benzene rings is 1. The molecule has 0 aromatic heterocycles. The normalized spacial score (nSPS) is 21.7. The van der Waals surface area contributed by atoms with Crippen molar-refractivity contribution in [1.82, 2.24) is 0 Å². The van der Waals surface area contributed by atoms with Gasteiger partial charge in [-0.15, -0.1) is 0 Å². The van der Waals surface area contributed by atoms with E-state index in [1.165, 1.54) is 0 Å². The Morgan fingerprint density at radius 2 is 1.74 bits per heavy atom. The second-order valence-corrected chi connectivity index (χ2v) is 4.59. The Morgan fingerprint density at radius 3 is 2.26 bits per heavy atom. The molecule has 0 saturated heterocycles. The van der Waals surface area contributed by atoms with Gasteiger partial charge in [0.1, 0.15) is 0 Å². The molecule has 2 rings (SSSR count). The molecule has 1 aliphatic rings. The van der Waals surface area contributed by atoms with Crippen LogP contribution in [-0.2, 0) is 22.5 Å². The van der Waals surface area contributed by atoms with Crippen LogP contribution in [0.15, 0.2) is 6.07 Å². The minimum absolute atomic E-state index is 0.420. The number of fused-ring (bicyclic) bond motifs is 1. The molecule has 1 heterocycles. The van der Waals surface area contributed by atoms with Gasteiger partial charge in [0.15, 0.2) is 17.3 Å². The molecular formula is C14H20O5. The van der Waals surface area contributed by atoms with Crippen LogP contribution in [0.25, 0.3) is 0 Å². The van der Waals surface area contributed by atoms with E-state index in [-0.39, 0.29) is 0 Å². The van der Waals surface area contributed by atoms with Gasteiger partial charge in [-0.2, -0.15) is 0 Å². The molecule has 19 heavy (non-hydrogen) atoms. The fourth-order valence-electron chi connectivity index (χ4n) is 2.34. The van der Waals surface area contributed by atoms with Crippen LogP contribution in [0.5, 0.6) is 17.2 Å². The van der Waals surface area contributed by atoms with Gasteiger partial charge in [-0.25, -0.2) is 0 Å². The van der Waals surface area contributed by atoms with Gasteiger partial charge >= 0.3 is 0 Å². The van der Waals surface area contributed by atoms with Crippen LogP contribution in [0.1, 0.15) is 18.1 Å². The van der Waals surface area contributed by atoms with Gasteiger partial charge in [-0.1, -0.05) is 0 Å². The number of hydrogen-bond acceptors (Lipinski definition) is 5. The molecule has 5 heteroatoms. The topological polar surface area (TPSA) is 46.2 Å². The summed E-state index contributed by atoms with van der Waals surface area (Å²) in [6.45, 7) is 2.34. The zero-order valence-corrected chi connectivity index (χ0v) is 12.0. The highest BCUT2D eigenvalue weighted by Gasteiger charge is 2.34. The van der Waals surface area contributed by atoms with Gasteiger partial charge in [0, 0.05) is 19.1 Å². The van der Waals surface area contributed by atoms with Crippen LogP contribution in [0.3, 0.4) is 0 Å². The molecule has 1 aromatic carbocycles. The summed E-state index contributed by atoms with van der Waals surface area (Å²) >= 11 is 0. The van der Waals surface area contributed by atoms with Gasteiger partial charge in [0.05, 0.1) is 27.9 Å². The van der Waals surface area contributed by atoms with Crippen molar-refractivity contribution in [3.63, 3.8) is 0 Å². The van der Waals surface area contributed by atoms with Crippen molar-refractivity contribution in [2.75, 3.05) is 28.4 Å². The quantitative estimate of drug-likeness (QED) is 0.837. The maximum atomic E-state index is 5.76. The molecule has 1 unspecified atom stereocenters. The smallest absolute Gasteiger partial charge is 0.203 e. The highest BCUT2D eigenvalue weighted by molar-refractivity contribution is 5.59. The third-order valence-corrected chi connectivity index (χ3v) is 3.49. The lowest BCUT2D eigenvalue weighted by Crippen LogP contribution is -2.37. The van der Waals surface area contributed by atoms with E-state index in [1.54, 1.807) is 28.4 Å². The number of methoxy groups -OCH3 is 4. The van der Waals surface area contributed by atoms with E-state index >= 15 is 0 Å². The minimum atomic E-state index is -0.613. The summed E-state index contributed by atoms with van der Waals surface area (Å²) in [5.74, 6) is 1.29. The third kappa shape index (κ3) is 2.35. The predicted octanol–water partition coefficient (Wildman–Crippen LogP) is 2.15. The lowest BCUT2D eigenvalue weighted by Gasteiger charge is -2.34. The standard InChI is InChI=1S/C14H20O5/c1-14(18-5)7-9-6-11(15-2)13(17-4)12(16-3)10(9)8-19-14/h6H,7-8H2,1-5H3. The SMILES string of the molecule is COc1cc2c(c(OC)c1OC)COC(C)(OC)C2. The van der Waals surface area contributed by atoms with E-state index in [4.69, 9.17) is 23.7 Å². The van der Waals surface area contributed by atoms with Crippen molar-refractivity contribution in [1.29, 1.82) is 0 Å². The number of rotatable bonds is 4. The van der Waals surface area contributed by atoms with Crippen LogP contribution < -0.4 is 14.2 Å². The lowest BCUT2D eigenvalue weighted by atomic mass is 9.96. The summed E-state index contributed by atoms with van der Waals surface area (Å²) in [6.07, 6.45) is 0.634. The van der Waals surface area contributed by atoms with Gasteiger partial charge in [-0.05, 0) is 18.6 Å². The number of ether oxygens (including phenoxy) is 5. The third-order valence-electron chi connectivity index (χ3n) is 3.49. The van der Waals surface area contributed by atoms with Crippen molar-refractivity contribution in [3.05, 3.63) is 17.2 Å². The van der Waals surface area contributed by atoms with E-state index in [0.717, 1.165) is 11.1 Å². The summed E-state index contributed by atoms with van der Waals surface area (Å²) in [4.78, 5) is 0. The van der Waals surface area contributed by atoms with Crippen molar-refractivity contribution in [2.45, 2.75) is 25.7 Å². The fourth-order valence-corrected chi connectivity index (χ4v) is 2.34. The molecule has 0 bridgehead atoms. The molecule has 1 aliphatic heterocycles. The van der Waals surface area contributed by atoms with Crippen LogP contribution in [0, 0.1) is 0 Å². The Morgan fingerprint density at radius 1 is 1.05 bits per heavy atom. The fraction of sp³-hybridized carbons (Fsp3) is 0.571. The maximum Gasteiger partial charge on any atom is 0.203 e. The van der Waals surface area contributed by atoms with E-state index in [2.05, 4.69) is 0 Å². The van der Waals surface area contributed by atoms with Gasteiger partial charge in [0.25, 0.3) is 0 Å². The van der Waals surface area contributed by atoms with Crippen molar-refractivity contribution in [3.8, 4) is 17.2 Å². The zero-order chi connectivity index (χ0) is 14.0. The Balaban J connectivity index is 2.54. The summed E-state index contributed by atoms with van der Waals surface area (Å²) < 4.78 is 27.3. The first kappa shape index (κ1) is 14.0. The Hall–Kier alpha value is -1.46. The molecule has 1 aromatic rings. The van der Waals surface area contributed by atoms with Crippen LogP contribution in [0.2, 0.25) is 0 Å². The predicted molar refractivity (Wildman–Crippen MR) is 70.0 cm³/mol. The molecule has 0 aliphatic carbocycles. The van der Waals surface area contributed by atoms with E-state index in [9.17, 15) is 0 Å². The van der Waals surface area contributed by atoms with Gasteiger partial charge < -0.3 is 23.7 Å². The van der Waals surface area contributed by atoms with Crippen molar-refractivity contribution in [2.24, 2.45) is 0 Å². The molecule has 0 spiro atoms. The molecule has 0 amide bonds. The van der Waals surface area contributed by atoms with Crippen LogP contribution >= 0.6 is 0 Å². The average molecular weight is 268 g/mol. The lowest BCUT2D eigenvalue weighted by molar-refractivity contribution is -0.223. The molecular weight excluding hydrogens is 248 g/mol. The molecule has 5 nitrogen and oxygen atoms in total. The molecule has 1 atom stereocenters. The molecule has 0 saturated carbocycles. The van der Waals surface area contributed by atoms with E-state index in [0.29, 0.717) is 30.3 Å². The van der Waals surface area contributed by atoms with E-state index in [1.807, 2.05) is 13.0 Å². The Bertz CT molecular complexity index is 471. The average Bonchev–Trinajstić information content (AvgIpc) is 2.44. The van der Waals surface area contributed by atoms with Crippen molar-refractivity contribution < 1.29 is 23.7 Å². The van der Waals surface area contributed by atoms with Gasteiger partial charge in [-0.3, -0.25) is 0 Å². The molecule has 106 valence electrons. The summed E-state index contributed by atoms with van der Waals surface area (Å²) in [5, 5.41) is 0. The Kier molecular flexibility index (Phi) is 3.87. The first-order chi connectivity index (χ1) is 9.08. The highest BCUT2D eigenvalue weighted by atomic mass is 16.7. The maximum absolute atomic E-state index is 5.76. The minimum Gasteiger partial charge on any atom is -0.493 e. The van der Waals surface area contributed by atoms with Crippen LogP contribution in [-0.4, -0.2) is 34.2 Å². The summed E-state index contributed by atoms with van der Waals surface area (Å²) in [7, 11) is 6.46. The first-order valence-corrected chi connectivity index (χ1v) is 6.08. The van der Waals surface area contributed by atoms with E-state index < -0.39 is 5.79 Å².